The van der Waals surface area contributed by atoms with Gasteiger partial charge in [0.05, 0.1) is 19.8 Å². The molecule has 0 spiro atoms. The Labute approximate surface area is 258 Å². The Morgan fingerprint density at radius 1 is 0.791 bits per heavy atom. The highest BCUT2D eigenvalue weighted by Gasteiger charge is 2.48. The maximum Gasteiger partial charge on any atom is 0.397 e. The molecule has 43 heavy (non-hydrogen) atoms. The van der Waals surface area contributed by atoms with Crippen LogP contribution in [0, 0.1) is 0 Å². The molecule has 1 rings (SSSR count). The van der Waals surface area contributed by atoms with E-state index < -0.39 is 59.8 Å². The summed E-state index contributed by atoms with van der Waals surface area (Å²) < 4.78 is 57.8. The SMILES string of the molecule is CCCCCCCCCCCCCCCCCOCC(COC1OC(CO)C(O)C(OS(=O)(=O)O)C1O)OC(=O)CCC. The molecule has 0 aliphatic carbocycles. The number of unbranched alkanes of at least 4 members (excludes halogenated alkanes) is 14. The second-order valence-electron chi connectivity index (χ2n) is 11.4. The summed E-state index contributed by atoms with van der Waals surface area (Å²) in [6, 6.07) is 0. The van der Waals surface area contributed by atoms with Gasteiger partial charge in [0.2, 0.25) is 0 Å². The quantitative estimate of drug-likeness (QED) is 0.0570. The summed E-state index contributed by atoms with van der Waals surface area (Å²) in [5.74, 6) is -0.451. The summed E-state index contributed by atoms with van der Waals surface area (Å²) in [6.45, 7) is 3.58. The van der Waals surface area contributed by atoms with E-state index in [1.54, 1.807) is 0 Å². The van der Waals surface area contributed by atoms with Gasteiger partial charge in [-0.2, -0.15) is 8.42 Å². The minimum Gasteiger partial charge on any atom is -0.457 e. The van der Waals surface area contributed by atoms with E-state index in [4.69, 9.17) is 23.5 Å². The van der Waals surface area contributed by atoms with Gasteiger partial charge in [0, 0.05) is 13.0 Å². The molecule has 1 saturated heterocycles. The van der Waals surface area contributed by atoms with Gasteiger partial charge in [-0.25, -0.2) is 4.18 Å². The lowest BCUT2D eigenvalue weighted by molar-refractivity contribution is -0.301. The Morgan fingerprint density at radius 3 is 1.81 bits per heavy atom. The fourth-order valence-corrected chi connectivity index (χ4v) is 5.51. The molecule has 0 aromatic heterocycles. The third-order valence-electron chi connectivity index (χ3n) is 7.45. The Morgan fingerprint density at radius 2 is 1.33 bits per heavy atom. The molecular formula is C30H58O12S. The third-order valence-corrected chi connectivity index (χ3v) is 7.91. The molecule has 13 heteroatoms. The van der Waals surface area contributed by atoms with Crippen LogP contribution in [0.2, 0.25) is 0 Å². The maximum atomic E-state index is 12.1. The van der Waals surface area contributed by atoms with Gasteiger partial charge in [-0.3, -0.25) is 9.35 Å². The van der Waals surface area contributed by atoms with Crippen molar-refractivity contribution >= 4 is 16.4 Å². The monoisotopic (exact) mass is 642 g/mol. The summed E-state index contributed by atoms with van der Waals surface area (Å²) in [4.78, 5) is 12.1. The van der Waals surface area contributed by atoms with E-state index in [1.165, 1.54) is 77.0 Å². The van der Waals surface area contributed by atoms with Crippen LogP contribution in [0.4, 0.5) is 0 Å². The first-order chi connectivity index (χ1) is 20.6. The molecule has 0 aromatic carbocycles. The van der Waals surface area contributed by atoms with Crippen LogP contribution in [-0.2, 0) is 38.3 Å². The molecule has 0 radical (unpaired) electrons. The first kappa shape index (κ1) is 40.1. The van der Waals surface area contributed by atoms with Crippen molar-refractivity contribution in [3.63, 3.8) is 0 Å². The van der Waals surface area contributed by atoms with Crippen LogP contribution in [-0.4, -0.2) is 97.5 Å². The minimum absolute atomic E-state index is 0.0356. The van der Waals surface area contributed by atoms with E-state index in [-0.39, 0.29) is 19.6 Å². The number of aliphatic hydroxyl groups is 3. The van der Waals surface area contributed by atoms with Crippen LogP contribution in [0.25, 0.3) is 0 Å². The van der Waals surface area contributed by atoms with E-state index >= 15 is 0 Å². The zero-order chi connectivity index (χ0) is 31.9. The van der Waals surface area contributed by atoms with Crippen molar-refractivity contribution in [2.45, 2.75) is 160 Å². The van der Waals surface area contributed by atoms with Gasteiger partial charge in [-0.1, -0.05) is 104 Å². The summed E-state index contributed by atoms with van der Waals surface area (Å²) in [7, 11) is -5.03. The average Bonchev–Trinajstić information content (AvgIpc) is 2.95. The maximum absolute atomic E-state index is 12.1. The lowest BCUT2D eigenvalue weighted by Crippen LogP contribution is -2.60. The summed E-state index contributed by atoms with van der Waals surface area (Å²) in [5, 5.41) is 30.1. The zero-order valence-corrected chi connectivity index (χ0v) is 27.1. The number of esters is 1. The molecule has 6 atom stereocenters. The Kier molecular flexibility index (Phi) is 22.7. The van der Waals surface area contributed by atoms with Gasteiger partial charge >= 0.3 is 16.4 Å². The Bertz CT molecular complexity index is 796. The summed E-state index contributed by atoms with van der Waals surface area (Å²) >= 11 is 0. The van der Waals surface area contributed by atoms with Gasteiger partial charge in [0.1, 0.15) is 30.5 Å². The molecule has 1 heterocycles. The molecule has 0 bridgehead atoms. The first-order valence-electron chi connectivity index (χ1n) is 16.3. The molecule has 1 fully saturated rings. The summed E-state index contributed by atoms with van der Waals surface area (Å²) in [5.41, 5.74) is 0. The number of hydrogen-bond donors (Lipinski definition) is 4. The number of aliphatic hydroxyl groups excluding tert-OH is 3. The largest absolute Gasteiger partial charge is 0.457 e. The Balaban J connectivity index is 2.32. The van der Waals surface area contributed by atoms with Crippen LogP contribution >= 0.6 is 0 Å². The molecule has 256 valence electrons. The van der Waals surface area contributed by atoms with E-state index in [0.29, 0.717) is 13.0 Å². The fraction of sp³-hybridized carbons (Fsp3) is 0.967. The number of ether oxygens (including phenoxy) is 4. The normalized spacial score (nSPS) is 23.3. The second-order valence-corrected chi connectivity index (χ2v) is 12.5. The van der Waals surface area contributed by atoms with Crippen LogP contribution in [0.1, 0.15) is 123 Å². The van der Waals surface area contributed by atoms with Gasteiger partial charge in [-0.15, -0.1) is 0 Å². The lowest BCUT2D eigenvalue weighted by atomic mass is 9.99. The highest BCUT2D eigenvalue weighted by molar-refractivity contribution is 7.80. The smallest absolute Gasteiger partial charge is 0.397 e. The molecule has 4 N–H and O–H groups in total. The van der Waals surface area contributed by atoms with Gasteiger partial charge in [-0.05, 0) is 12.8 Å². The molecule has 0 amide bonds. The lowest BCUT2D eigenvalue weighted by Gasteiger charge is -2.41. The number of hydrogen-bond acceptors (Lipinski definition) is 11. The van der Waals surface area contributed by atoms with Crippen molar-refractivity contribution in [1.29, 1.82) is 0 Å². The van der Waals surface area contributed by atoms with E-state index in [0.717, 1.165) is 19.3 Å². The first-order valence-corrected chi connectivity index (χ1v) is 17.7. The molecule has 0 saturated carbocycles. The fourth-order valence-electron chi connectivity index (χ4n) is 5.00. The molecule has 6 unspecified atom stereocenters. The highest BCUT2D eigenvalue weighted by Crippen LogP contribution is 2.26. The van der Waals surface area contributed by atoms with E-state index in [9.17, 15) is 28.5 Å². The summed E-state index contributed by atoms with van der Waals surface area (Å²) in [6.07, 6.45) is 10.5. The van der Waals surface area contributed by atoms with Crippen LogP contribution < -0.4 is 0 Å². The molecule has 0 aromatic rings. The third kappa shape index (κ3) is 19.3. The molecular weight excluding hydrogens is 584 g/mol. The van der Waals surface area contributed by atoms with Crippen molar-refractivity contribution in [3.8, 4) is 0 Å². The average molecular weight is 643 g/mol. The minimum atomic E-state index is -5.03. The van der Waals surface area contributed by atoms with Crippen molar-refractivity contribution in [3.05, 3.63) is 0 Å². The van der Waals surface area contributed by atoms with Crippen molar-refractivity contribution in [2.75, 3.05) is 26.4 Å². The van der Waals surface area contributed by atoms with E-state index in [1.807, 2.05) is 6.92 Å². The second kappa shape index (κ2) is 24.3. The topological polar surface area (TPSA) is 178 Å². The van der Waals surface area contributed by atoms with Gasteiger partial charge < -0.3 is 34.3 Å². The van der Waals surface area contributed by atoms with Crippen molar-refractivity contribution in [1.82, 2.24) is 0 Å². The zero-order valence-electron chi connectivity index (χ0n) is 26.3. The van der Waals surface area contributed by atoms with Crippen LogP contribution in [0.15, 0.2) is 0 Å². The van der Waals surface area contributed by atoms with Crippen molar-refractivity contribution in [2.24, 2.45) is 0 Å². The van der Waals surface area contributed by atoms with Crippen LogP contribution in [0.3, 0.4) is 0 Å². The molecule has 12 nitrogen and oxygen atoms in total. The molecule has 1 aliphatic rings. The van der Waals surface area contributed by atoms with E-state index in [2.05, 4.69) is 11.1 Å². The van der Waals surface area contributed by atoms with Gasteiger partial charge in [0.15, 0.2) is 6.29 Å². The van der Waals surface area contributed by atoms with Crippen LogP contribution in [0.5, 0.6) is 0 Å². The predicted octanol–water partition coefficient (Wildman–Crippen LogP) is 4.23. The standard InChI is InChI=1S/C30H58O12S/c1-3-5-6-7-8-9-10-11-12-13-14-15-16-17-18-20-38-22-24(40-26(32)19-4-2)23-39-30-28(34)29(42-43(35,36)37)27(33)25(21-31)41-30/h24-25,27-31,33-34H,3-23H2,1-2H3,(H,35,36,37). The highest BCUT2D eigenvalue weighted by atomic mass is 32.3. The molecule has 1 aliphatic heterocycles. The number of carbonyl (C=O) groups excluding carboxylic acids is 1. The van der Waals surface area contributed by atoms with Gasteiger partial charge in [0.25, 0.3) is 0 Å². The number of carbonyl (C=O) groups is 1. The van der Waals surface area contributed by atoms with Crippen molar-refractivity contribution < 1.29 is 56.2 Å². The predicted molar refractivity (Wildman–Crippen MR) is 161 cm³/mol. The Hall–Kier alpha value is -0.900. The number of rotatable bonds is 27.